The van der Waals surface area contributed by atoms with E-state index in [9.17, 15) is 4.79 Å². The number of aromatic nitrogens is 2. The molecule has 1 aliphatic rings. The van der Waals surface area contributed by atoms with Crippen molar-refractivity contribution in [2.75, 3.05) is 13.1 Å². The molecule has 1 aliphatic carbocycles. The summed E-state index contributed by atoms with van der Waals surface area (Å²) in [7, 11) is 0. The average Bonchev–Trinajstić information content (AvgIpc) is 3.19. The fraction of sp³-hybridized carbons (Fsp3) is 0.765. The van der Waals surface area contributed by atoms with Gasteiger partial charge in [-0.15, -0.1) is 0 Å². The van der Waals surface area contributed by atoms with Crippen molar-refractivity contribution < 1.29 is 9.53 Å². The molecule has 6 heteroatoms. The topological polar surface area (TPSA) is 59.4 Å². The van der Waals surface area contributed by atoms with Gasteiger partial charge in [-0.2, -0.15) is 5.10 Å². The molecule has 1 N–H and O–H groups in total. The smallest absolute Gasteiger partial charge is 0.410 e. The van der Waals surface area contributed by atoms with Gasteiger partial charge in [0.15, 0.2) is 0 Å². The Labute approximate surface area is 139 Å². The summed E-state index contributed by atoms with van der Waals surface area (Å²) in [4.78, 5) is 14.1. The molecule has 0 aliphatic heterocycles. The van der Waals surface area contributed by atoms with E-state index in [2.05, 4.69) is 17.3 Å². The lowest BCUT2D eigenvalue weighted by atomic mass is 10.2. The number of aryl methyl sites for hydroxylation is 1. The minimum Gasteiger partial charge on any atom is -0.444 e. The van der Waals surface area contributed by atoms with Crippen LogP contribution in [-0.2, 0) is 17.8 Å². The molecule has 1 saturated carbocycles. The summed E-state index contributed by atoms with van der Waals surface area (Å²) in [6.45, 7) is 11.1. The van der Waals surface area contributed by atoms with E-state index in [1.54, 1.807) is 0 Å². The zero-order valence-corrected chi connectivity index (χ0v) is 14.8. The lowest BCUT2D eigenvalue weighted by Crippen LogP contribution is -2.39. The van der Waals surface area contributed by atoms with Crippen molar-refractivity contribution in [2.24, 2.45) is 0 Å². The summed E-state index contributed by atoms with van der Waals surface area (Å²) in [6, 6.07) is 2.42. The number of amides is 1. The molecule has 1 fully saturated rings. The predicted molar refractivity (Wildman–Crippen MR) is 90.2 cm³/mol. The molecular formula is C17H30N4O2. The molecular weight excluding hydrogens is 292 g/mol. The number of hydrogen-bond donors (Lipinski definition) is 1. The minimum atomic E-state index is -0.430. The summed E-state index contributed by atoms with van der Waals surface area (Å²) < 4.78 is 7.49. The molecule has 23 heavy (non-hydrogen) atoms. The fourth-order valence-electron chi connectivity index (χ4n) is 2.52. The van der Waals surface area contributed by atoms with Gasteiger partial charge in [-0.1, -0.05) is 0 Å². The molecule has 0 bridgehead atoms. The van der Waals surface area contributed by atoms with E-state index in [-0.39, 0.29) is 6.09 Å². The van der Waals surface area contributed by atoms with Gasteiger partial charge in [-0.25, -0.2) is 4.79 Å². The zero-order chi connectivity index (χ0) is 16.9. The molecule has 0 atom stereocenters. The summed E-state index contributed by atoms with van der Waals surface area (Å²) in [5, 5.41) is 7.68. The molecule has 130 valence electrons. The van der Waals surface area contributed by atoms with Crippen molar-refractivity contribution in [1.29, 1.82) is 0 Å². The van der Waals surface area contributed by atoms with Gasteiger partial charge >= 0.3 is 6.09 Å². The van der Waals surface area contributed by atoms with Crippen LogP contribution in [0.4, 0.5) is 4.79 Å². The van der Waals surface area contributed by atoms with Crippen LogP contribution in [0.1, 0.15) is 52.7 Å². The van der Waals surface area contributed by atoms with Crippen molar-refractivity contribution in [2.45, 2.75) is 71.7 Å². The molecule has 6 nitrogen and oxygen atoms in total. The molecule has 1 amide bonds. The average molecular weight is 322 g/mol. The highest BCUT2D eigenvalue weighted by molar-refractivity contribution is 5.69. The standard InChI is InChI=1S/C17H30N4O2/c1-5-21-15(9-11-19-21)13-18-10-6-12-20(14-7-8-14)16(22)23-17(2,3)4/h9,11,14,18H,5-8,10,12-13H2,1-4H3. The normalized spacial score (nSPS) is 14.8. The first-order valence-corrected chi connectivity index (χ1v) is 8.61. The Kier molecular flexibility index (Phi) is 6.04. The third kappa shape index (κ3) is 5.86. The van der Waals surface area contributed by atoms with Gasteiger partial charge in [0.2, 0.25) is 0 Å². The second-order valence-corrected chi connectivity index (χ2v) is 7.07. The van der Waals surface area contributed by atoms with Gasteiger partial charge in [0.1, 0.15) is 5.60 Å². The van der Waals surface area contributed by atoms with Gasteiger partial charge < -0.3 is 15.0 Å². The molecule has 2 rings (SSSR count). The molecule has 0 aromatic carbocycles. The maximum atomic E-state index is 12.2. The maximum Gasteiger partial charge on any atom is 0.410 e. The molecule has 0 saturated heterocycles. The highest BCUT2D eigenvalue weighted by Crippen LogP contribution is 2.28. The lowest BCUT2D eigenvalue weighted by Gasteiger charge is -2.27. The largest absolute Gasteiger partial charge is 0.444 e. The second kappa shape index (κ2) is 7.81. The number of carbonyl (C=O) groups excluding carboxylic acids is 1. The first-order chi connectivity index (χ1) is 10.9. The quantitative estimate of drug-likeness (QED) is 0.748. The lowest BCUT2D eigenvalue weighted by molar-refractivity contribution is 0.0232. The number of nitrogens with zero attached hydrogens (tertiary/aromatic N) is 3. The fourth-order valence-corrected chi connectivity index (χ4v) is 2.52. The van der Waals surface area contributed by atoms with E-state index in [1.807, 2.05) is 42.6 Å². The number of ether oxygens (including phenoxy) is 1. The molecule has 0 spiro atoms. The number of rotatable bonds is 8. The van der Waals surface area contributed by atoms with E-state index in [4.69, 9.17) is 4.74 Å². The summed E-state index contributed by atoms with van der Waals surface area (Å²) in [6.07, 6.45) is 4.78. The summed E-state index contributed by atoms with van der Waals surface area (Å²) in [5.41, 5.74) is 0.764. The van der Waals surface area contributed by atoms with Gasteiger partial charge in [0.25, 0.3) is 0 Å². The SMILES string of the molecule is CCn1nccc1CNCCCN(C(=O)OC(C)(C)C)C1CC1. The molecule has 1 aromatic heterocycles. The van der Waals surface area contributed by atoms with Crippen molar-refractivity contribution in [3.63, 3.8) is 0 Å². The Bertz CT molecular complexity index is 503. The number of carbonyl (C=O) groups is 1. The third-order valence-electron chi connectivity index (χ3n) is 3.78. The highest BCUT2D eigenvalue weighted by Gasteiger charge is 2.34. The Morgan fingerprint density at radius 2 is 2.22 bits per heavy atom. The number of hydrogen-bond acceptors (Lipinski definition) is 4. The Hall–Kier alpha value is -1.56. The van der Waals surface area contributed by atoms with E-state index < -0.39 is 5.60 Å². The van der Waals surface area contributed by atoms with E-state index in [1.165, 1.54) is 5.69 Å². The number of nitrogens with one attached hydrogen (secondary N) is 1. The monoisotopic (exact) mass is 322 g/mol. The van der Waals surface area contributed by atoms with Crippen LogP contribution >= 0.6 is 0 Å². The highest BCUT2D eigenvalue weighted by atomic mass is 16.6. The molecule has 0 unspecified atom stereocenters. The van der Waals surface area contributed by atoms with Gasteiger partial charge in [-0.3, -0.25) is 4.68 Å². The van der Waals surface area contributed by atoms with Crippen molar-refractivity contribution in [3.8, 4) is 0 Å². The molecule has 0 radical (unpaired) electrons. The van der Waals surface area contributed by atoms with Crippen LogP contribution in [0.3, 0.4) is 0 Å². The first-order valence-electron chi connectivity index (χ1n) is 8.61. The Morgan fingerprint density at radius 1 is 1.48 bits per heavy atom. The van der Waals surface area contributed by atoms with Crippen LogP contribution in [0.2, 0.25) is 0 Å². The maximum absolute atomic E-state index is 12.2. The van der Waals surface area contributed by atoms with Crippen LogP contribution < -0.4 is 5.32 Å². The van der Waals surface area contributed by atoms with E-state index in [0.717, 1.165) is 45.4 Å². The van der Waals surface area contributed by atoms with Crippen molar-refractivity contribution in [1.82, 2.24) is 20.0 Å². The molecule has 1 heterocycles. The van der Waals surface area contributed by atoms with Crippen molar-refractivity contribution >= 4 is 6.09 Å². The predicted octanol–water partition coefficient (Wildman–Crippen LogP) is 2.78. The van der Waals surface area contributed by atoms with Crippen LogP contribution in [0.25, 0.3) is 0 Å². The second-order valence-electron chi connectivity index (χ2n) is 7.07. The van der Waals surface area contributed by atoms with Crippen LogP contribution in [-0.4, -0.2) is 45.5 Å². The molecule has 1 aromatic rings. The zero-order valence-electron chi connectivity index (χ0n) is 14.8. The Morgan fingerprint density at radius 3 is 2.83 bits per heavy atom. The van der Waals surface area contributed by atoms with Gasteiger partial charge in [-0.05, 0) is 59.6 Å². The summed E-state index contributed by atoms with van der Waals surface area (Å²) >= 11 is 0. The van der Waals surface area contributed by atoms with E-state index >= 15 is 0 Å². The van der Waals surface area contributed by atoms with Crippen molar-refractivity contribution in [3.05, 3.63) is 18.0 Å². The van der Waals surface area contributed by atoms with E-state index in [0.29, 0.717) is 6.04 Å². The van der Waals surface area contributed by atoms with Gasteiger partial charge in [0.05, 0.1) is 5.69 Å². The van der Waals surface area contributed by atoms with Crippen LogP contribution in [0, 0.1) is 0 Å². The Balaban J connectivity index is 1.69. The third-order valence-corrected chi connectivity index (χ3v) is 3.78. The van der Waals surface area contributed by atoms with Gasteiger partial charge in [0, 0.05) is 31.9 Å². The minimum absolute atomic E-state index is 0.177. The van der Waals surface area contributed by atoms with Crippen LogP contribution in [0.5, 0.6) is 0 Å². The summed E-state index contributed by atoms with van der Waals surface area (Å²) in [5.74, 6) is 0. The first kappa shape index (κ1) is 17.8. The van der Waals surface area contributed by atoms with Crippen LogP contribution in [0.15, 0.2) is 12.3 Å².